The minimum absolute atomic E-state index is 0.213. The Labute approximate surface area is 213 Å². The number of nitrogens with one attached hydrogen (secondary N) is 2. The van der Waals surface area contributed by atoms with Gasteiger partial charge in [0.05, 0.1) is 16.5 Å². The maximum absolute atomic E-state index is 13.2. The number of anilines is 1. The molecule has 4 aromatic rings. The fourth-order valence-electron chi connectivity index (χ4n) is 4.75. The molecule has 0 saturated heterocycles. The normalized spacial score (nSPS) is 19.8. The second-order valence-corrected chi connectivity index (χ2v) is 9.60. The average Bonchev–Trinajstić information content (AvgIpc) is 3.56. The van der Waals surface area contributed by atoms with Gasteiger partial charge in [-0.1, -0.05) is 0 Å². The molecule has 0 spiro atoms. The molecule has 3 aromatic heterocycles. The number of benzene rings is 1. The SMILES string of the molecule is CNC(=O)[C@@]1(CC(F)F)CC[C@@H](Nc2ncc3c(Br)nn(-c4ccc(-c5nnc(C)o5)cc4)c3n2)C1. The van der Waals surface area contributed by atoms with Gasteiger partial charge in [-0.3, -0.25) is 4.79 Å². The molecule has 0 bridgehead atoms. The van der Waals surface area contributed by atoms with Gasteiger partial charge < -0.3 is 15.1 Å². The third-order valence-corrected chi connectivity index (χ3v) is 7.05. The van der Waals surface area contributed by atoms with Gasteiger partial charge in [-0.2, -0.15) is 10.1 Å². The number of carbonyl (C=O) groups is 1. The lowest BCUT2D eigenvalue weighted by atomic mass is 9.81. The van der Waals surface area contributed by atoms with Crippen LogP contribution < -0.4 is 10.6 Å². The van der Waals surface area contributed by atoms with Crippen molar-refractivity contribution in [1.29, 1.82) is 0 Å². The molecule has 2 atom stereocenters. The summed E-state index contributed by atoms with van der Waals surface area (Å²) < 4.78 is 34.2. The van der Waals surface area contributed by atoms with Crippen LogP contribution in [0.1, 0.15) is 31.6 Å². The highest BCUT2D eigenvalue weighted by Gasteiger charge is 2.46. The van der Waals surface area contributed by atoms with E-state index in [4.69, 9.17) is 4.42 Å². The highest BCUT2D eigenvalue weighted by Crippen LogP contribution is 2.44. The minimum atomic E-state index is -2.56. The summed E-state index contributed by atoms with van der Waals surface area (Å²) in [6.07, 6.45) is -0.182. The molecule has 2 N–H and O–H groups in total. The Morgan fingerprint density at radius 3 is 2.75 bits per heavy atom. The van der Waals surface area contributed by atoms with E-state index >= 15 is 0 Å². The van der Waals surface area contributed by atoms with Gasteiger partial charge in [0.15, 0.2) is 5.65 Å². The molecule has 0 radical (unpaired) electrons. The first kappa shape index (κ1) is 24.2. The number of aryl methyl sites for hydroxylation is 1. The second-order valence-electron chi connectivity index (χ2n) is 8.85. The summed E-state index contributed by atoms with van der Waals surface area (Å²) in [4.78, 5) is 21.5. The van der Waals surface area contributed by atoms with Crippen LogP contribution >= 0.6 is 15.9 Å². The minimum Gasteiger partial charge on any atom is -0.421 e. The van der Waals surface area contributed by atoms with E-state index in [9.17, 15) is 13.6 Å². The van der Waals surface area contributed by atoms with Gasteiger partial charge in [-0.05, 0) is 59.5 Å². The van der Waals surface area contributed by atoms with Crippen LogP contribution in [-0.4, -0.2) is 55.4 Å². The maximum atomic E-state index is 13.2. The van der Waals surface area contributed by atoms with Gasteiger partial charge >= 0.3 is 0 Å². The average molecular weight is 561 g/mol. The topological polar surface area (TPSA) is 124 Å². The summed E-state index contributed by atoms with van der Waals surface area (Å²) in [6.45, 7) is 1.73. The second kappa shape index (κ2) is 9.52. The van der Waals surface area contributed by atoms with Crippen molar-refractivity contribution in [2.75, 3.05) is 12.4 Å². The highest BCUT2D eigenvalue weighted by atomic mass is 79.9. The van der Waals surface area contributed by atoms with Crippen molar-refractivity contribution in [3.05, 3.63) is 41.0 Å². The molecule has 188 valence electrons. The van der Waals surface area contributed by atoms with Crippen LogP contribution in [-0.2, 0) is 4.79 Å². The Morgan fingerprint density at radius 1 is 1.31 bits per heavy atom. The number of halogens is 3. The third kappa shape index (κ3) is 4.54. The van der Waals surface area contributed by atoms with Crippen molar-refractivity contribution in [2.45, 2.75) is 45.1 Å². The largest absolute Gasteiger partial charge is 0.421 e. The van der Waals surface area contributed by atoms with Crippen LogP contribution in [0.2, 0.25) is 0 Å². The van der Waals surface area contributed by atoms with Crippen LogP contribution in [0, 0.1) is 12.3 Å². The monoisotopic (exact) mass is 560 g/mol. The van der Waals surface area contributed by atoms with Crippen molar-refractivity contribution in [1.82, 2.24) is 35.3 Å². The first-order chi connectivity index (χ1) is 17.3. The number of alkyl halides is 2. The van der Waals surface area contributed by atoms with Crippen LogP contribution in [0.5, 0.6) is 0 Å². The molecule has 5 rings (SSSR count). The number of nitrogens with zero attached hydrogens (tertiary/aromatic N) is 6. The quantitative estimate of drug-likeness (QED) is 0.343. The first-order valence-electron chi connectivity index (χ1n) is 11.4. The summed E-state index contributed by atoms with van der Waals surface area (Å²) >= 11 is 3.46. The number of fused-ring (bicyclic) bond motifs is 1. The van der Waals surface area contributed by atoms with Crippen molar-refractivity contribution < 1.29 is 18.0 Å². The van der Waals surface area contributed by atoms with Gasteiger partial charge in [0, 0.05) is 38.2 Å². The molecule has 13 heteroatoms. The Morgan fingerprint density at radius 2 is 2.08 bits per heavy atom. The summed E-state index contributed by atoms with van der Waals surface area (Å²) in [6, 6.07) is 7.22. The molecule has 0 unspecified atom stereocenters. The van der Waals surface area contributed by atoms with Gasteiger partial charge in [0.25, 0.3) is 0 Å². The fourth-order valence-corrected chi connectivity index (χ4v) is 5.19. The molecule has 1 aliphatic carbocycles. The molecule has 1 aliphatic rings. The maximum Gasteiger partial charge on any atom is 0.247 e. The van der Waals surface area contributed by atoms with Gasteiger partial charge in [-0.25, -0.2) is 18.4 Å². The molecule has 0 aliphatic heterocycles. The number of carbonyl (C=O) groups excluding carboxylic acids is 1. The van der Waals surface area contributed by atoms with Crippen LogP contribution in [0.25, 0.3) is 28.2 Å². The summed E-state index contributed by atoms with van der Waals surface area (Å²) in [7, 11) is 1.47. The molecule has 1 saturated carbocycles. The summed E-state index contributed by atoms with van der Waals surface area (Å²) in [5, 5.41) is 18.9. The molecule has 36 heavy (non-hydrogen) atoms. The zero-order valence-corrected chi connectivity index (χ0v) is 21.1. The Balaban J connectivity index is 1.40. The van der Waals surface area contributed by atoms with E-state index in [-0.39, 0.29) is 18.4 Å². The number of rotatable bonds is 7. The smallest absolute Gasteiger partial charge is 0.247 e. The predicted octanol–water partition coefficient (Wildman–Crippen LogP) is 4.29. The van der Waals surface area contributed by atoms with Crippen LogP contribution in [0.4, 0.5) is 14.7 Å². The van der Waals surface area contributed by atoms with Gasteiger partial charge in [-0.15, -0.1) is 10.2 Å². The number of hydrogen-bond donors (Lipinski definition) is 2. The standard InChI is InChI=1S/C23H23BrF2N8O2/c1-12-31-32-20(36-12)13-3-5-15(6-4-13)34-19-16(18(24)33-34)11-28-22(30-19)29-14-7-8-23(9-14,10-17(25)26)21(35)27-2/h3-6,11,14,17H,7-10H2,1-2H3,(H,27,35)(H,28,29,30)/t14-,23+/m1/s1. The Kier molecular flexibility index (Phi) is 6.41. The summed E-state index contributed by atoms with van der Waals surface area (Å²) in [5.74, 6) is 0.890. The predicted molar refractivity (Wildman–Crippen MR) is 131 cm³/mol. The molecule has 3 heterocycles. The lowest BCUT2D eigenvalue weighted by molar-refractivity contribution is -0.132. The van der Waals surface area contributed by atoms with Crippen LogP contribution in [0.3, 0.4) is 0 Å². The van der Waals surface area contributed by atoms with Crippen molar-refractivity contribution in [2.24, 2.45) is 5.41 Å². The first-order valence-corrected chi connectivity index (χ1v) is 12.2. The van der Waals surface area contributed by atoms with Crippen LogP contribution in [0.15, 0.2) is 39.5 Å². The lowest BCUT2D eigenvalue weighted by Gasteiger charge is -2.27. The zero-order valence-electron chi connectivity index (χ0n) is 19.5. The summed E-state index contributed by atoms with van der Waals surface area (Å²) in [5.41, 5.74) is 0.987. The van der Waals surface area contributed by atoms with E-state index in [0.29, 0.717) is 46.2 Å². The molecule has 1 aromatic carbocycles. The van der Waals surface area contributed by atoms with Gasteiger partial charge in [0.2, 0.25) is 30.1 Å². The van der Waals surface area contributed by atoms with E-state index in [1.807, 2.05) is 24.3 Å². The van der Waals surface area contributed by atoms with Crippen molar-refractivity contribution in [3.8, 4) is 17.1 Å². The molecule has 1 fully saturated rings. The number of hydrogen-bond acceptors (Lipinski definition) is 8. The highest BCUT2D eigenvalue weighted by molar-refractivity contribution is 9.10. The Bertz CT molecular complexity index is 1410. The lowest BCUT2D eigenvalue weighted by Crippen LogP contribution is -2.39. The molecule has 1 amide bonds. The molecular weight excluding hydrogens is 538 g/mol. The Hall–Kier alpha value is -3.48. The van der Waals surface area contributed by atoms with Gasteiger partial charge in [0.1, 0.15) is 4.60 Å². The van der Waals surface area contributed by atoms with E-state index in [0.717, 1.165) is 11.3 Å². The van der Waals surface area contributed by atoms with E-state index in [2.05, 4.69) is 51.8 Å². The van der Waals surface area contributed by atoms with Crippen molar-refractivity contribution in [3.63, 3.8) is 0 Å². The van der Waals surface area contributed by atoms with E-state index in [1.54, 1.807) is 17.8 Å². The molecule has 10 nitrogen and oxygen atoms in total. The van der Waals surface area contributed by atoms with E-state index in [1.165, 1.54) is 7.05 Å². The molecular formula is C23H23BrF2N8O2. The number of amides is 1. The number of aromatic nitrogens is 6. The third-order valence-electron chi connectivity index (χ3n) is 6.46. The van der Waals surface area contributed by atoms with Crippen molar-refractivity contribution >= 4 is 38.8 Å². The fraction of sp³-hybridized carbons (Fsp3) is 0.391. The zero-order chi connectivity index (χ0) is 25.4. The van der Waals surface area contributed by atoms with E-state index < -0.39 is 18.3 Å².